The second-order valence-electron chi connectivity index (χ2n) is 4.43. The molecule has 0 bridgehead atoms. The minimum atomic E-state index is -0.527. The maximum atomic E-state index is 12.0. The minimum absolute atomic E-state index is 0.0624. The van der Waals surface area contributed by atoms with Crippen LogP contribution in [0.25, 0.3) is 11.3 Å². The maximum absolute atomic E-state index is 12.0. The second-order valence-corrected chi connectivity index (χ2v) is 4.43. The molecule has 0 aliphatic carbocycles. The number of aromatic nitrogens is 2. The molecule has 0 aliphatic rings. The van der Waals surface area contributed by atoms with Crippen LogP contribution in [0.2, 0.25) is 0 Å². The van der Waals surface area contributed by atoms with Crippen LogP contribution in [0.1, 0.15) is 10.4 Å². The van der Waals surface area contributed by atoms with E-state index in [1.54, 1.807) is 6.07 Å². The molecule has 0 N–H and O–H groups in total. The topological polar surface area (TPSA) is 104 Å². The van der Waals surface area contributed by atoms with Crippen LogP contribution in [-0.2, 0) is 11.3 Å². The van der Waals surface area contributed by atoms with Crippen molar-refractivity contribution in [2.75, 3.05) is 13.7 Å². The van der Waals surface area contributed by atoms with Crippen molar-refractivity contribution in [1.29, 1.82) is 0 Å². The van der Waals surface area contributed by atoms with E-state index in [4.69, 9.17) is 4.74 Å². The minimum Gasteiger partial charge on any atom is -0.383 e. The highest BCUT2D eigenvalue weighted by molar-refractivity contribution is 5.77. The highest BCUT2D eigenvalue weighted by Gasteiger charge is 2.12. The lowest BCUT2D eigenvalue weighted by molar-refractivity contribution is -0.384. The molecule has 1 aromatic heterocycles. The van der Waals surface area contributed by atoms with Crippen molar-refractivity contribution >= 4 is 12.0 Å². The summed E-state index contributed by atoms with van der Waals surface area (Å²) in [5.74, 6) is 0. The van der Waals surface area contributed by atoms with Gasteiger partial charge in [-0.3, -0.25) is 19.7 Å². The van der Waals surface area contributed by atoms with Crippen LogP contribution in [0.3, 0.4) is 0 Å². The van der Waals surface area contributed by atoms with Gasteiger partial charge in [-0.15, -0.1) is 0 Å². The highest BCUT2D eigenvalue weighted by atomic mass is 16.6. The zero-order chi connectivity index (χ0) is 16.1. The molecule has 0 amide bonds. The number of non-ortho nitro benzene ring substituents is 1. The zero-order valence-corrected chi connectivity index (χ0v) is 11.8. The van der Waals surface area contributed by atoms with Gasteiger partial charge in [0.1, 0.15) is 0 Å². The Morgan fingerprint density at radius 1 is 1.41 bits per heavy atom. The molecule has 1 heterocycles. The van der Waals surface area contributed by atoms with Gasteiger partial charge in [0, 0.05) is 24.8 Å². The van der Waals surface area contributed by atoms with Gasteiger partial charge in [0.05, 0.1) is 29.3 Å². The summed E-state index contributed by atoms with van der Waals surface area (Å²) < 4.78 is 6.01. The first-order chi connectivity index (χ1) is 10.6. The fourth-order valence-electron chi connectivity index (χ4n) is 1.90. The number of rotatable bonds is 6. The van der Waals surface area contributed by atoms with E-state index in [-0.39, 0.29) is 24.4 Å². The number of benzene rings is 1. The molecule has 22 heavy (non-hydrogen) atoms. The van der Waals surface area contributed by atoms with E-state index in [9.17, 15) is 19.7 Å². The lowest BCUT2D eigenvalue weighted by atomic mass is 10.1. The number of methoxy groups -OCH3 is 1. The van der Waals surface area contributed by atoms with Crippen LogP contribution in [0.15, 0.2) is 35.1 Å². The molecule has 0 saturated heterocycles. The lowest BCUT2D eigenvalue weighted by Gasteiger charge is -2.08. The molecule has 8 nitrogen and oxygen atoms in total. The number of hydrogen-bond donors (Lipinski definition) is 0. The molecule has 8 heteroatoms. The Balaban J connectivity index is 2.55. The molecular weight excluding hydrogens is 290 g/mol. The number of nitrogens with zero attached hydrogens (tertiary/aromatic N) is 3. The van der Waals surface area contributed by atoms with Crippen LogP contribution in [-0.4, -0.2) is 34.7 Å². The number of aldehydes is 1. The fourth-order valence-corrected chi connectivity index (χ4v) is 1.90. The smallest absolute Gasteiger partial charge is 0.277 e. The molecule has 0 unspecified atom stereocenters. The highest BCUT2D eigenvalue weighted by Crippen LogP contribution is 2.21. The Morgan fingerprint density at radius 3 is 2.82 bits per heavy atom. The van der Waals surface area contributed by atoms with Gasteiger partial charge < -0.3 is 4.74 Å². The van der Waals surface area contributed by atoms with Gasteiger partial charge in [-0.05, 0) is 6.07 Å². The summed E-state index contributed by atoms with van der Waals surface area (Å²) in [6.07, 6.45) is 0.439. The number of carbonyl (C=O) groups excluding carboxylic acids is 1. The Labute approximate surface area is 125 Å². The Kier molecular flexibility index (Phi) is 4.74. The predicted octanol–water partition coefficient (Wildman–Crippen LogP) is 1.28. The lowest BCUT2D eigenvalue weighted by Crippen LogP contribution is -2.28. The molecule has 0 fully saturated rings. The summed E-state index contributed by atoms with van der Waals surface area (Å²) in [6.45, 7) is 0.433. The SMILES string of the molecule is COCCn1nc(-c2cccc([N+](=O)[O-])c2)cc(C=O)c1=O. The Bertz CT molecular complexity index is 769. The van der Waals surface area contributed by atoms with Crippen LogP contribution in [0, 0.1) is 10.1 Å². The fraction of sp³-hybridized carbons (Fsp3) is 0.214. The summed E-state index contributed by atoms with van der Waals surface area (Å²) in [7, 11) is 1.48. The van der Waals surface area contributed by atoms with Crippen molar-refractivity contribution < 1.29 is 14.5 Å². The van der Waals surface area contributed by atoms with E-state index in [0.717, 1.165) is 4.68 Å². The van der Waals surface area contributed by atoms with Gasteiger partial charge in [0.2, 0.25) is 0 Å². The number of nitro benzene ring substituents is 1. The van der Waals surface area contributed by atoms with Gasteiger partial charge in [-0.25, -0.2) is 4.68 Å². The van der Waals surface area contributed by atoms with Gasteiger partial charge >= 0.3 is 0 Å². The van der Waals surface area contributed by atoms with E-state index in [1.165, 1.54) is 31.4 Å². The Hall–Kier alpha value is -2.87. The summed E-state index contributed by atoms with van der Waals surface area (Å²) in [6, 6.07) is 7.14. The molecule has 0 radical (unpaired) electrons. The molecule has 2 aromatic rings. The first-order valence-electron chi connectivity index (χ1n) is 6.38. The van der Waals surface area contributed by atoms with Gasteiger partial charge in [-0.2, -0.15) is 5.10 Å². The third-order valence-corrected chi connectivity index (χ3v) is 2.99. The average Bonchev–Trinajstić information content (AvgIpc) is 2.54. The zero-order valence-electron chi connectivity index (χ0n) is 11.8. The van der Waals surface area contributed by atoms with E-state index in [2.05, 4.69) is 5.10 Å². The monoisotopic (exact) mass is 303 g/mol. The summed E-state index contributed by atoms with van der Waals surface area (Å²) in [5, 5.41) is 15.0. The van der Waals surface area contributed by atoms with Crippen molar-refractivity contribution in [1.82, 2.24) is 9.78 Å². The van der Waals surface area contributed by atoms with Crippen molar-refractivity contribution in [3.8, 4) is 11.3 Å². The van der Waals surface area contributed by atoms with E-state index >= 15 is 0 Å². The maximum Gasteiger partial charge on any atom is 0.277 e. The first-order valence-corrected chi connectivity index (χ1v) is 6.38. The standard InChI is InChI=1S/C14H13N3O5/c1-22-6-5-16-14(19)11(9-18)8-13(15-16)10-3-2-4-12(7-10)17(20)21/h2-4,7-9H,5-6H2,1H3. The number of nitro groups is 1. The summed E-state index contributed by atoms with van der Waals surface area (Å²) in [4.78, 5) is 33.3. The molecule has 114 valence electrons. The molecule has 1 aromatic carbocycles. The quantitative estimate of drug-likeness (QED) is 0.452. The van der Waals surface area contributed by atoms with Crippen LogP contribution < -0.4 is 5.56 Å². The van der Waals surface area contributed by atoms with Crippen LogP contribution in [0.5, 0.6) is 0 Å². The summed E-state index contributed by atoms with van der Waals surface area (Å²) >= 11 is 0. The van der Waals surface area contributed by atoms with E-state index < -0.39 is 10.5 Å². The number of ether oxygens (including phenoxy) is 1. The average molecular weight is 303 g/mol. The number of hydrogen-bond acceptors (Lipinski definition) is 6. The summed E-state index contributed by atoms with van der Waals surface area (Å²) in [5.41, 5.74) is 0.0698. The molecule has 0 aliphatic heterocycles. The van der Waals surface area contributed by atoms with E-state index in [0.29, 0.717) is 17.5 Å². The van der Waals surface area contributed by atoms with Crippen molar-refractivity contribution in [2.45, 2.75) is 6.54 Å². The Morgan fingerprint density at radius 2 is 2.18 bits per heavy atom. The van der Waals surface area contributed by atoms with Gasteiger partial charge in [0.15, 0.2) is 6.29 Å². The normalized spacial score (nSPS) is 10.4. The molecule has 0 spiro atoms. The van der Waals surface area contributed by atoms with Gasteiger partial charge in [0.25, 0.3) is 11.2 Å². The second kappa shape index (κ2) is 6.72. The van der Waals surface area contributed by atoms with Crippen molar-refractivity contribution in [3.05, 3.63) is 56.4 Å². The molecular formula is C14H13N3O5. The first kappa shape index (κ1) is 15.5. The molecule has 0 saturated carbocycles. The number of carbonyl (C=O) groups is 1. The third-order valence-electron chi connectivity index (χ3n) is 2.99. The van der Waals surface area contributed by atoms with Crippen molar-refractivity contribution in [3.63, 3.8) is 0 Å². The van der Waals surface area contributed by atoms with Crippen LogP contribution in [0.4, 0.5) is 5.69 Å². The molecule has 0 atom stereocenters. The largest absolute Gasteiger partial charge is 0.383 e. The van der Waals surface area contributed by atoms with E-state index in [1.807, 2.05) is 0 Å². The third kappa shape index (κ3) is 3.23. The van der Waals surface area contributed by atoms with Crippen molar-refractivity contribution in [2.24, 2.45) is 0 Å². The predicted molar refractivity (Wildman–Crippen MR) is 77.9 cm³/mol. The van der Waals surface area contributed by atoms with Crippen LogP contribution >= 0.6 is 0 Å². The molecule has 2 rings (SSSR count). The van der Waals surface area contributed by atoms with Gasteiger partial charge in [-0.1, -0.05) is 12.1 Å².